The third-order valence-corrected chi connectivity index (χ3v) is 5.02. The first-order valence-corrected chi connectivity index (χ1v) is 7.69. The van der Waals surface area contributed by atoms with Crippen molar-refractivity contribution in [3.8, 4) is 0 Å². The lowest BCUT2D eigenvalue weighted by Crippen LogP contribution is -2.33. The second-order valence-corrected chi connectivity index (χ2v) is 6.05. The average Bonchev–Trinajstić information content (AvgIpc) is 2.28. The maximum Gasteiger partial charge on any atom is -0.00148 e. The van der Waals surface area contributed by atoms with Gasteiger partial charge in [-0.15, -0.1) is 0 Å². The summed E-state index contributed by atoms with van der Waals surface area (Å²) < 4.78 is 0. The first kappa shape index (κ1) is 12.2. The maximum atomic E-state index is 3.50. The Morgan fingerprint density at radius 2 is 1.72 bits per heavy atom. The zero-order valence-corrected chi connectivity index (χ0v) is 11.5. The summed E-state index contributed by atoms with van der Waals surface area (Å²) in [5.41, 5.74) is 3.15. The smallest absolute Gasteiger partial charge is 0.00148 e. The lowest BCUT2D eigenvalue weighted by molar-refractivity contribution is 0.247. The van der Waals surface area contributed by atoms with Gasteiger partial charge in [0.1, 0.15) is 0 Å². The highest BCUT2D eigenvalue weighted by Crippen LogP contribution is 2.43. The van der Waals surface area contributed by atoms with E-state index < -0.39 is 0 Å². The molecule has 3 rings (SSSR count). The summed E-state index contributed by atoms with van der Waals surface area (Å²) in [6.45, 7) is 4.50. The molecule has 0 heterocycles. The molecule has 1 N–H and O–H groups in total. The van der Waals surface area contributed by atoms with E-state index in [1.165, 1.54) is 38.6 Å². The van der Waals surface area contributed by atoms with Crippen LogP contribution >= 0.6 is 0 Å². The molecule has 1 aromatic carbocycles. The Morgan fingerprint density at radius 1 is 1.00 bits per heavy atom. The molecule has 18 heavy (non-hydrogen) atoms. The quantitative estimate of drug-likeness (QED) is 0.822. The molecule has 2 atom stereocenters. The summed E-state index contributed by atoms with van der Waals surface area (Å²) in [4.78, 5) is 0. The van der Waals surface area contributed by atoms with Gasteiger partial charge in [0.05, 0.1) is 0 Å². The first-order valence-electron chi connectivity index (χ1n) is 7.69. The zero-order chi connectivity index (χ0) is 12.4. The van der Waals surface area contributed by atoms with Crippen molar-refractivity contribution in [2.75, 3.05) is 13.1 Å². The molecule has 0 radical (unpaired) electrons. The highest BCUT2D eigenvalue weighted by molar-refractivity contribution is 5.30. The van der Waals surface area contributed by atoms with Gasteiger partial charge in [-0.1, -0.05) is 37.6 Å². The molecule has 1 nitrogen and oxygen atoms in total. The van der Waals surface area contributed by atoms with Gasteiger partial charge in [-0.2, -0.15) is 0 Å². The molecular weight excluding hydrogens is 218 g/mol. The predicted molar refractivity (Wildman–Crippen MR) is 77.0 cm³/mol. The van der Waals surface area contributed by atoms with E-state index in [1.54, 1.807) is 11.1 Å². The van der Waals surface area contributed by atoms with Gasteiger partial charge in [-0.25, -0.2) is 0 Å². The second-order valence-electron chi connectivity index (χ2n) is 6.05. The van der Waals surface area contributed by atoms with Gasteiger partial charge in [0.25, 0.3) is 0 Å². The van der Waals surface area contributed by atoms with Crippen LogP contribution < -0.4 is 5.32 Å². The van der Waals surface area contributed by atoms with Crippen LogP contribution in [-0.2, 0) is 0 Å². The van der Waals surface area contributed by atoms with Gasteiger partial charge in [0.15, 0.2) is 0 Å². The van der Waals surface area contributed by atoms with Crippen LogP contribution in [0.4, 0.5) is 0 Å². The molecule has 2 aliphatic carbocycles. The summed E-state index contributed by atoms with van der Waals surface area (Å²) in [6, 6.07) is 9.58. The van der Waals surface area contributed by atoms with Crippen molar-refractivity contribution in [1.29, 1.82) is 0 Å². The molecule has 2 saturated carbocycles. The minimum Gasteiger partial charge on any atom is -0.317 e. The number of nitrogens with one attached hydrogen (secondary N) is 1. The van der Waals surface area contributed by atoms with Crippen LogP contribution in [0, 0.1) is 5.92 Å². The van der Waals surface area contributed by atoms with Crippen molar-refractivity contribution in [3.63, 3.8) is 0 Å². The lowest BCUT2D eigenvalue weighted by Gasteiger charge is -2.37. The van der Waals surface area contributed by atoms with Gasteiger partial charge < -0.3 is 5.32 Å². The van der Waals surface area contributed by atoms with Gasteiger partial charge in [0.2, 0.25) is 0 Å². The summed E-state index contributed by atoms with van der Waals surface area (Å²) in [5, 5.41) is 3.50. The molecule has 2 aliphatic rings. The van der Waals surface area contributed by atoms with E-state index in [9.17, 15) is 0 Å². The Kier molecular flexibility index (Phi) is 3.69. The molecule has 0 amide bonds. The molecule has 0 saturated heterocycles. The maximum absolute atomic E-state index is 3.50. The molecular formula is C17H25N. The Morgan fingerprint density at radius 3 is 2.22 bits per heavy atom. The summed E-state index contributed by atoms with van der Waals surface area (Å²) in [5.74, 6) is 2.57. The zero-order valence-electron chi connectivity index (χ0n) is 11.5. The fourth-order valence-corrected chi connectivity index (χ4v) is 3.34. The normalized spacial score (nSPS) is 27.6. The first-order chi connectivity index (χ1) is 8.88. The molecule has 98 valence electrons. The standard InChI is InChI=1S/C17H25N/c1-2-18-12-16-10-11-17(16)15-8-6-14(7-9-15)13-4-3-5-13/h6-9,13,16-18H,2-5,10-12H2,1H3. The number of hydrogen-bond donors (Lipinski definition) is 1. The van der Waals surface area contributed by atoms with Crippen molar-refractivity contribution >= 4 is 0 Å². The molecule has 1 heteroatoms. The number of benzene rings is 1. The Balaban J connectivity index is 1.61. The van der Waals surface area contributed by atoms with E-state index in [4.69, 9.17) is 0 Å². The minimum absolute atomic E-state index is 0.819. The summed E-state index contributed by atoms with van der Waals surface area (Å²) >= 11 is 0. The molecule has 1 aromatic rings. The van der Waals surface area contributed by atoms with E-state index in [-0.39, 0.29) is 0 Å². The van der Waals surface area contributed by atoms with Crippen molar-refractivity contribution in [2.24, 2.45) is 5.92 Å². The second kappa shape index (κ2) is 5.44. The third kappa shape index (κ3) is 2.33. The molecule has 2 unspecified atom stereocenters. The summed E-state index contributed by atoms with van der Waals surface area (Å²) in [7, 11) is 0. The fraction of sp³-hybridized carbons (Fsp3) is 0.647. The van der Waals surface area contributed by atoms with Crippen LogP contribution in [0.25, 0.3) is 0 Å². The number of hydrogen-bond acceptors (Lipinski definition) is 1. The minimum atomic E-state index is 0.819. The Hall–Kier alpha value is -0.820. The van der Waals surface area contributed by atoms with Crippen LogP contribution in [0.1, 0.15) is 62.0 Å². The SMILES string of the molecule is CCNCC1CCC1c1ccc(C2CCC2)cc1. The van der Waals surface area contributed by atoms with E-state index in [0.29, 0.717) is 0 Å². The van der Waals surface area contributed by atoms with E-state index in [1.807, 2.05) is 0 Å². The van der Waals surface area contributed by atoms with E-state index >= 15 is 0 Å². The van der Waals surface area contributed by atoms with Crippen molar-refractivity contribution in [2.45, 2.75) is 50.9 Å². The molecule has 0 spiro atoms. The van der Waals surface area contributed by atoms with Crippen LogP contribution in [0.15, 0.2) is 24.3 Å². The van der Waals surface area contributed by atoms with Crippen LogP contribution in [0.5, 0.6) is 0 Å². The highest BCUT2D eigenvalue weighted by atomic mass is 14.9. The van der Waals surface area contributed by atoms with E-state index in [0.717, 1.165) is 24.3 Å². The van der Waals surface area contributed by atoms with Crippen molar-refractivity contribution in [3.05, 3.63) is 35.4 Å². The molecule has 0 bridgehead atoms. The number of rotatable bonds is 5. The highest BCUT2D eigenvalue weighted by Gasteiger charge is 2.31. The van der Waals surface area contributed by atoms with E-state index in [2.05, 4.69) is 36.5 Å². The molecule has 0 aromatic heterocycles. The largest absolute Gasteiger partial charge is 0.317 e. The van der Waals surface area contributed by atoms with Crippen molar-refractivity contribution in [1.82, 2.24) is 5.32 Å². The van der Waals surface area contributed by atoms with Gasteiger partial charge in [-0.3, -0.25) is 0 Å². The van der Waals surface area contributed by atoms with Crippen LogP contribution in [0.2, 0.25) is 0 Å². The summed E-state index contributed by atoms with van der Waals surface area (Å²) in [6.07, 6.45) is 7.04. The third-order valence-electron chi connectivity index (χ3n) is 5.02. The van der Waals surface area contributed by atoms with Gasteiger partial charge in [-0.05, 0) is 67.7 Å². The fourth-order valence-electron chi connectivity index (χ4n) is 3.34. The van der Waals surface area contributed by atoms with Gasteiger partial charge >= 0.3 is 0 Å². The lowest BCUT2D eigenvalue weighted by atomic mass is 9.69. The average molecular weight is 243 g/mol. The molecule has 0 aliphatic heterocycles. The Labute approximate surface area is 111 Å². The monoisotopic (exact) mass is 243 g/mol. The van der Waals surface area contributed by atoms with Crippen molar-refractivity contribution < 1.29 is 0 Å². The van der Waals surface area contributed by atoms with Crippen LogP contribution in [-0.4, -0.2) is 13.1 Å². The van der Waals surface area contributed by atoms with Gasteiger partial charge in [0, 0.05) is 0 Å². The molecule has 2 fully saturated rings. The Bertz CT molecular complexity index is 377. The predicted octanol–water partition coefficient (Wildman–Crippen LogP) is 4.06. The van der Waals surface area contributed by atoms with Crippen LogP contribution in [0.3, 0.4) is 0 Å². The topological polar surface area (TPSA) is 12.0 Å².